The zero-order valence-electron chi connectivity index (χ0n) is 11.1. The van der Waals surface area contributed by atoms with E-state index in [4.69, 9.17) is 11.0 Å². The Hall–Kier alpha value is -1.86. The summed E-state index contributed by atoms with van der Waals surface area (Å²) in [6.45, 7) is 1.28. The standard InChI is InChI=1S/C15H19N3O/c16-8-1-2-10-18-14-5-3-12(7-9-17)11-13(14)4-6-15(18)19/h3,5,11H,1-2,4,6-7,9-10,17H2. The predicted octanol–water partition coefficient (Wildman–Crippen LogP) is 1.77. The second-order valence-corrected chi connectivity index (χ2v) is 4.81. The molecule has 1 aromatic carbocycles. The molecule has 4 nitrogen and oxygen atoms in total. The molecule has 1 aliphatic heterocycles. The maximum absolute atomic E-state index is 12.0. The summed E-state index contributed by atoms with van der Waals surface area (Å²) in [7, 11) is 0. The number of nitrogens with zero attached hydrogens (tertiary/aromatic N) is 2. The minimum Gasteiger partial charge on any atom is -0.330 e. The summed E-state index contributed by atoms with van der Waals surface area (Å²) in [4.78, 5) is 13.8. The number of fused-ring (bicyclic) bond motifs is 1. The summed E-state index contributed by atoms with van der Waals surface area (Å²) in [6.07, 6.45) is 3.46. The number of benzene rings is 1. The lowest BCUT2D eigenvalue weighted by molar-refractivity contribution is -0.118. The maximum atomic E-state index is 12.0. The molecule has 100 valence electrons. The number of hydrogen-bond acceptors (Lipinski definition) is 3. The van der Waals surface area contributed by atoms with E-state index in [9.17, 15) is 4.79 Å². The predicted molar refractivity (Wildman–Crippen MR) is 74.7 cm³/mol. The van der Waals surface area contributed by atoms with E-state index in [1.165, 1.54) is 11.1 Å². The second-order valence-electron chi connectivity index (χ2n) is 4.81. The maximum Gasteiger partial charge on any atom is 0.227 e. The number of carbonyl (C=O) groups is 1. The van der Waals surface area contributed by atoms with E-state index in [0.717, 1.165) is 24.9 Å². The van der Waals surface area contributed by atoms with Gasteiger partial charge in [0.25, 0.3) is 0 Å². The first kappa shape index (κ1) is 13.6. The fourth-order valence-electron chi connectivity index (χ4n) is 2.50. The first-order valence-corrected chi connectivity index (χ1v) is 6.75. The summed E-state index contributed by atoms with van der Waals surface area (Å²) in [5.74, 6) is 0.164. The smallest absolute Gasteiger partial charge is 0.227 e. The number of anilines is 1. The summed E-state index contributed by atoms with van der Waals surface area (Å²) in [6, 6.07) is 8.34. The molecule has 1 heterocycles. The van der Waals surface area contributed by atoms with Crippen LogP contribution in [0.3, 0.4) is 0 Å². The molecule has 0 spiro atoms. The first-order chi connectivity index (χ1) is 9.26. The number of hydrogen-bond donors (Lipinski definition) is 1. The van der Waals surface area contributed by atoms with Crippen LogP contribution in [-0.2, 0) is 17.6 Å². The van der Waals surface area contributed by atoms with E-state index in [2.05, 4.69) is 12.1 Å². The zero-order valence-corrected chi connectivity index (χ0v) is 11.1. The van der Waals surface area contributed by atoms with Crippen LogP contribution < -0.4 is 10.6 Å². The fourth-order valence-corrected chi connectivity index (χ4v) is 2.50. The van der Waals surface area contributed by atoms with Gasteiger partial charge in [-0.25, -0.2) is 0 Å². The normalized spacial score (nSPS) is 14.1. The van der Waals surface area contributed by atoms with Crippen LogP contribution in [0.25, 0.3) is 0 Å². The van der Waals surface area contributed by atoms with Crippen LogP contribution in [0.2, 0.25) is 0 Å². The molecule has 1 aliphatic rings. The van der Waals surface area contributed by atoms with Gasteiger partial charge in [-0.15, -0.1) is 0 Å². The van der Waals surface area contributed by atoms with Crippen molar-refractivity contribution in [2.75, 3.05) is 18.0 Å². The molecule has 0 fully saturated rings. The van der Waals surface area contributed by atoms with Crippen molar-refractivity contribution in [1.29, 1.82) is 5.26 Å². The van der Waals surface area contributed by atoms with Gasteiger partial charge in [0.05, 0.1) is 6.07 Å². The fraction of sp³-hybridized carbons (Fsp3) is 0.467. The highest BCUT2D eigenvalue weighted by molar-refractivity contribution is 5.96. The summed E-state index contributed by atoms with van der Waals surface area (Å²) in [5.41, 5.74) is 9.03. The molecule has 0 aliphatic carbocycles. The van der Waals surface area contributed by atoms with Crippen LogP contribution >= 0.6 is 0 Å². The molecule has 0 unspecified atom stereocenters. The van der Waals surface area contributed by atoms with E-state index in [0.29, 0.717) is 25.9 Å². The van der Waals surface area contributed by atoms with Gasteiger partial charge >= 0.3 is 0 Å². The van der Waals surface area contributed by atoms with Crippen molar-refractivity contribution < 1.29 is 4.79 Å². The van der Waals surface area contributed by atoms with Gasteiger partial charge in [-0.1, -0.05) is 12.1 Å². The lowest BCUT2D eigenvalue weighted by atomic mass is 9.97. The molecule has 0 saturated carbocycles. The van der Waals surface area contributed by atoms with Crippen molar-refractivity contribution in [3.05, 3.63) is 29.3 Å². The Morgan fingerprint density at radius 1 is 1.37 bits per heavy atom. The SMILES string of the molecule is N#CCCCN1C(=O)CCc2cc(CCN)ccc21. The Bertz CT molecular complexity index is 505. The number of nitriles is 1. The third kappa shape index (κ3) is 3.12. The molecule has 0 bridgehead atoms. The van der Waals surface area contributed by atoms with Gasteiger partial charge in [0.2, 0.25) is 5.91 Å². The van der Waals surface area contributed by atoms with Gasteiger partial charge in [0.15, 0.2) is 0 Å². The van der Waals surface area contributed by atoms with Crippen LogP contribution in [0.5, 0.6) is 0 Å². The van der Waals surface area contributed by atoms with E-state index in [1.54, 1.807) is 0 Å². The van der Waals surface area contributed by atoms with E-state index < -0.39 is 0 Å². The van der Waals surface area contributed by atoms with Gasteiger partial charge in [-0.05, 0) is 43.0 Å². The Balaban J connectivity index is 2.19. The van der Waals surface area contributed by atoms with Crippen molar-refractivity contribution in [3.8, 4) is 6.07 Å². The zero-order chi connectivity index (χ0) is 13.7. The molecular formula is C15H19N3O. The van der Waals surface area contributed by atoms with Crippen molar-refractivity contribution in [2.45, 2.75) is 32.1 Å². The minimum atomic E-state index is 0.164. The Kier molecular flexibility index (Phi) is 4.53. The van der Waals surface area contributed by atoms with Crippen LogP contribution in [0, 0.1) is 11.3 Å². The average molecular weight is 257 g/mol. The van der Waals surface area contributed by atoms with E-state index in [1.807, 2.05) is 17.0 Å². The highest BCUT2D eigenvalue weighted by Gasteiger charge is 2.23. The number of amides is 1. The third-order valence-corrected chi connectivity index (χ3v) is 3.45. The van der Waals surface area contributed by atoms with Gasteiger partial charge in [0, 0.05) is 25.1 Å². The lowest BCUT2D eigenvalue weighted by Gasteiger charge is -2.29. The molecule has 2 rings (SSSR count). The molecule has 19 heavy (non-hydrogen) atoms. The summed E-state index contributed by atoms with van der Waals surface area (Å²) in [5, 5.41) is 8.59. The van der Waals surface area contributed by atoms with Crippen LogP contribution in [0.4, 0.5) is 5.69 Å². The van der Waals surface area contributed by atoms with Crippen molar-refractivity contribution >= 4 is 11.6 Å². The molecule has 1 aromatic rings. The monoisotopic (exact) mass is 257 g/mol. The van der Waals surface area contributed by atoms with E-state index in [-0.39, 0.29) is 5.91 Å². The Morgan fingerprint density at radius 2 is 2.21 bits per heavy atom. The molecule has 2 N–H and O–H groups in total. The minimum absolute atomic E-state index is 0.164. The highest BCUT2D eigenvalue weighted by atomic mass is 16.2. The van der Waals surface area contributed by atoms with Crippen molar-refractivity contribution in [3.63, 3.8) is 0 Å². The van der Waals surface area contributed by atoms with Crippen LogP contribution in [0.1, 0.15) is 30.4 Å². The second kappa shape index (κ2) is 6.35. The molecule has 0 saturated heterocycles. The van der Waals surface area contributed by atoms with Gasteiger partial charge < -0.3 is 10.6 Å². The van der Waals surface area contributed by atoms with Gasteiger partial charge in [0.1, 0.15) is 0 Å². The van der Waals surface area contributed by atoms with Crippen molar-refractivity contribution in [2.24, 2.45) is 5.73 Å². The summed E-state index contributed by atoms with van der Waals surface area (Å²) >= 11 is 0. The largest absolute Gasteiger partial charge is 0.330 e. The van der Waals surface area contributed by atoms with Crippen LogP contribution in [0.15, 0.2) is 18.2 Å². The molecule has 0 aromatic heterocycles. The number of rotatable bonds is 5. The number of unbranched alkanes of at least 4 members (excludes halogenated alkanes) is 1. The topological polar surface area (TPSA) is 70.1 Å². The molecular weight excluding hydrogens is 238 g/mol. The average Bonchev–Trinajstić information content (AvgIpc) is 2.42. The molecule has 0 radical (unpaired) electrons. The lowest BCUT2D eigenvalue weighted by Crippen LogP contribution is -2.35. The Labute approximate surface area is 113 Å². The number of nitrogens with two attached hydrogens (primary N) is 1. The van der Waals surface area contributed by atoms with Gasteiger partial charge in [-0.3, -0.25) is 4.79 Å². The number of aryl methyl sites for hydroxylation is 1. The van der Waals surface area contributed by atoms with Crippen LogP contribution in [-0.4, -0.2) is 19.0 Å². The van der Waals surface area contributed by atoms with Crippen molar-refractivity contribution in [1.82, 2.24) is 0 Å². The highest BCUT2D eigenvalue weighted by Crippen LogP contribution is 2.29. The molecule has 4 heteroatoms. The van der Waals surface area contributed by atoms with E-state index >= 15 is 0 Å². The molecule has 0 atom stereocenters. The molecule has 1 amide bonds. The van der Waals surface area contributed by atoms with Gasteiger partial charge in [-0.2, -0.15) is 5.26 Å². The Morgan fingerprint density at radius 3 is 2.95 bits per heavy atom. The first-order valence-electron chi connectivity index (χ1n) is 6.75. The third-order valence-electron chi connectivity index (χ3n) is 3.45. The number of carbonyl (C=O) groups excluding carboxylic acids is 1. The quantitative estimate of drug-likeness (QED) is 0.817. The summed E-state index contributed by atoms with van der Waals surface area (Å²) < 4.78 is 0.